The first-order chi connectivity index (χ1) is 15.3. The van der Waals surface area contributed by atoms with E-state index < -0.39 is 20.9 Å². The van der Waals surface area contributed by atoms with Crippen LogP contribution in [0.4, 0.5) is 10.2 Å². The summed E-state index contributed by atoms with van der Waals surface area (Å²) in [4.78, 5) is 21.2. The number of benzene rings is 1. The van der Waals surface area contributed by atoms with Crippen LogP contribution in [0.5, 0.6) is 0 Å². The quantitative estimate of drug-likeness (QED) is 0.664. The zero-order valence-corrected chi connectivity index (χ0v) is 18.6. The molecule has 1 aromatic heterocycles. The minimum atomic E-state index is -3.55. The van der Waals surface area contributed by atoms with Gasteiger partial charge in [-0.15, -0.1) is 0 Å². The Morgan fingerprint density at radius 3 is 2.41 bits per heavy atom. The predicted octanol–water partition coefficient (Wildman–Crippen LogP) is 2.84. The molecule has 2 bridgehead atoms. The minimum absolute atomic E-state index is 0.0670. The smallest absolute Gasteiger partial charge is 0.223 e. The summed E-state index contributed by atoms with van der Waals surface area (Å²) in [5, 5.41) is 8.16. The molecule has 0 saturated carbocycles. The van der Waals surface area contributed by atoms with Gasteiger partial charge in [0, 0.05) is 37.8 Å². The molecule has 9 heteroatoms. The van der Waals surface area contributed by atoms with Gasteiger partial charge in [-0.3, -0.25) is 4.79 Å². The molecule has 2 aromatic rings. The maximum atomic E-state index is 13.1. The lowest BCUT2D eigenvalue weighted by Gasteiger charge is -2.41. The van der Waals surface area contributed by atoms with Gasteiger partial charge in [-0.2, -0.15) is 5.26 Å². The lowest BCUT2D eigenvalue weighted by molar-refractivity contribution is -0.131. The third-order valence-corrected chi connectivity index (χ3v) is 8.58. The van der Waals surface area contributed by atoms with E-state index in [4.69, 9.17) is 5.26 Å². The van der Waals surface area contributed by atoms with E-state index in [-0.39, 0.29) is 30.2 Å². The van der Waals surface area contributed by atoms with Crippen molar-refractivity contribution in [1.82, 2.24) is 9.88 Å². The Balaban J connectivity index is 1.37. The van der Waals surface area contributed by atoms with Crippen molar-refractivity contribution in [2.24, 2.45) is 0 Å². The number of piperazine rings is 1. The predicted molar refractivity (Wildman–Crippen MR) is 118 cm³/mol. The zero-order chi connectivity index (χ0) is 22.9. The molecule has 0 aliphatic carbocycles. The second-order valence-electron chi connectivity index (χ2n) is 8.42. The molecule has 0 radical (unpaired) electrons. The van der Waals surface area contributed by atoms with Gasteiger partial charge in [-0.05, 0) is 49.6 Å². The molecular weight excluding hydrogens is 431 g/mol. The minimum Gasteiger partial charge on any atom is -0.347 e. The monoisotopic (exact) mass is 456 g/mol. The number of amides is 1. The SMILES string of the molecule is CC(c1ccc(F)cc1)S(=O)(=O)CCC(=O)N1CC2CC[C@@H](C1)N2c1ccc(C#N)cn1. The molecule has 2 aliphatic rings. The van der Waals surface area contributed by atoms with Crippen LogP contribution in [0, 0.1) is 17.1 Å². The average molecular weight is 457 g/mol. The van der Waals surface area contributed by atoms with Gasteiger partial charge < -0.3 is 9.80 Å². The van der Waals surface area contributed by atoms with Crippen molar-refractivity contribution >= 4 is 21.6 Å². The first-order valence-corrected chi connectivity index (χ1v) is 12.4. The Morgan fingerprint density at radius 2 is 1.84 bits per heavy atom. The molecule has 4 rings (SSSR count). The molecule has 168 valence electrons. The van der Waals surface area contributed by atoms with Gasteiger partial charge in [0.2, 0.25) is 5.91 Å². The first-order valence-electron chi connectivity index (χ1n) is 10.7. The molecule has 1 aromatic carbocycles. The van der Waals surface area contributed by atoms with Crippen molar-refractivity contribution in [3.63, 3.8) is 0 Å². The fraction of sp³-hybridized carbons (Fsp3) is 0.435. The normalized spacial score (nSPS) is 21.3. The maximum absolute atomic E-state index is 13.1. The van der Waals surface area contributed by atoms with Gasteiger partial charge >= 0.3 is 0 Å². The summed E-state index contributed by atoms with van der Waals surface area (Å²) in [5.74, 6) is -0.0149. The van der Waals surface area contributed by atoms with Crippen molar-refractivity contribution < 1.29 is 17.6 Å². The summed E-state index contributed by atoms with van der Waals surface area (Å²) < 4.78 is 38.6. The van der Waals surface area contributed by atoms with Crippen LogP contribution in [0.15, 0.2) is 42.6 Å². The second-order valence-corrected chi connectivity index (χ2v) is 10.9. The van der Waals surface area contributed by atoms with Crippen molar-refractivity contribution in [2.75, 3.05) is 23.7 Å². The van der Waals surface area contributed by atoms with Crippen molar-refractivity contribution in [3.05, 3.63) is 59.5 Å². The lowest BCUT2D eigenvalue weighted by Crippen LogP contribution is -2.55. The fourth-order valence-corrected chi connectivity index (χ4v) is 5.98. The highest BCUT2D eigenvalue weighted by Crippen LogP contribution is 2.34. The van der Waals surface area contributed by atoms with Gasteiger partial charge in [0.15, 0.2) is 9.84 Å². The van der Waals surface area contributed by atoms with Crippen LogP contribution < -0.4 is 4.90 Å². The Hall–Kier alpha value is -2.99. The Morgan fingerprint density at radius 1 is 1.19 bits per heavy atom. The number of carbonyl (C=O) groups is 1. The van der Waals surface area contributed by atoms with E-state index in [2.05, 4.69) is 16.0 Å². The summed E-state index contributed by atoms with van der Waals surface area (Å²) in [7, 11) is -3.55. The van der Waals surface area contributed by atoms with Gasteiger partial charge in [0.05, 0.1) is 16.6 Å². The third-order valence-electron chi connectivity index (χ3n) is 6.45. The van der Waals surface area contributed by atoms with Gasteiger partial charge in [-0.25, -0.2) is 17.8 Å². The molecule has 3 heterocycles. The molecular formula is C23H25FN4O3S. The highest BCUT2D eigenvalue weighted by Gasteiger charge is 2.42. The molecule has 2 saturated heterocycles. The van der Waals surface area contributed by atoms with Crippen molar-refractivity contribution in [3.8, 4) is 6.07 Å². The lowest BCUT2D eigenvalue weighted by atomic mass is 10.1. The molecule has 2 fully saturated rings. The number of nitrogens with zero attached hydrogens (tertiary/aromatic N) is 4. The molecule has 2 aliphatic heterocycles. The van der Waals surface area contributed by atoms with Crippen LogP contribution >= 0.6 is 0 Å². The number of anilines is 1. The number of carbonyl (C=O) groups excluding carboxylic acids is 1. The number of sulfone groups is 1. The molecule has 3 atom stereocenters. The topological polar surface area (TPSA) is 94.4 Å². The molecule has 32 heavy (non-hydrogen) atoms. The number of halogens is 1. The van der Waals surface area contributed by atoms with E-state index in [0.29, 0.717) is 24.2 Å². The summed E-state index contributed by atoms with van der Waals surface area (Å²) in [6, 6.07) is 11.3. The van der Waals surface area contributed by atoms with Crippen LogP contribution in [0.1, 0.15) is 42.6 Å². The molecule has 2 unspecified atom stereocenters. The molecule has 1 amide bonds. The first kappa shape index (κ1) is 22.2. The average Bonchev–Trinajstić information content (AvgIpc) is 3.06. The Bertz CT molecular complexity index is 1120. The van der Waals surface area contributed by atoms with E-state index >= 15 is 0 Å². The van der Waals surface area contributed by atoms with Crippen LogP contribution in [-0.2, 0) is 14.6 Å². The number of hydrogen-bond acceptors (Lipinski definition) is 6. The van der Waals surface area contributed by atoms with E-state index in [1.807, 2.05) is 6.07 Å². The van der Waals surface area contributed by atoms with E-state index in [9.17, 15) is 17.6 Å². The standard InChI is InChI=1S/C23H25FN4O3S/c1-16(18-3-5-19(24)6-4-18)32(30,31)11-10-23(29)27-14-20-7-8-21(15-27)28(20)22-9-2-17(12-25)13-26-22/h2-6,9,13,16,20-21H,7-8,10-11,14-15H2,1H3/t16?,20-,21?/m0/s1. The Labute approximate surface area is 187 Å². The molecule has 0 N–H and O–H groups in total. The molecule has 7 nitrogen and oxygen atoms in total. The molecule has 0 spiro atoms. The summed E-state index contributed by atoms with van der Waals surface area (Å²) in [6.07, 6.45) is 3.37. The maximum Gasteiger partial charge on any atom is 0.223 e. The van der Waals surface area contributed by atoms with Crippen LogP contribution in [0.3, 0.4) is 0 Å². The van der Waals surface area contributed by atoms with Crippen LogP contribution in [0.2, 0.25) is 0 Å². The van der Waals surface area contributed by atoms with Crippen LogP contribution in [0.25, 0.3) is 0 Å². The van der Waals surface area contributed by atoms with Crippen LogP contribution in [-0.4, -0.2) is 55.1 Å². The zero-order valence-electron chi connectivity index (χ0n) is 17.8. The van der Waals surface area contributed by atoms with Gasteiger partial charge in [0.1, 0.15) is 17.7 Å². The number of fused-ring (bicyclic) bond motifs is 2. The van der Waals surface area contributed by atoms with E-state index in [0.717, 1.165) is 18.7 Å². The summed E-state index contributed by atoms with van der Waals surface area (Å²) >= 11 is 0. The fourth-order valence-electron chi connectivity index (χ4n) is 4.59. The largest absolute Gasteiger partial charge is 0.347 e. The number of aromatic nitrogens is 1. The summed E-state index contributed by atoms with van der Waals surface area (Å²) in [5.41, 5.74) is 1.02. The number of nitriles is 1. The second kappa shape index (κ2) is 8.87. The van der Waals surface area contributed by atoms with Crippen molar-refractivity contribution in [1.29, 1.82) is 5.26 Å². The van der Waals surface area contributed by atoms with E-state index in [1.165, 1.54) is 24.3 Å². The van der Waals surface area contributed by atoms with Gasteiger partial charge in [-0.1, -0.05) is 12.1 Å². The summed E-state index contributed by atoms with van der Waals surface area (Å²) in [6.45, 7) is 2.63. The third kappa shape index (κ3) is 4.46. The number of hydrogen-bond donors (Lipinski definition) is 0. The number of rotatable bonds is 6. The number of likely N-dealkylation sites (tertiary alicyclic amines) is 1. The highest BCUT2D eigenvalue weighted by molar-refractivity contribution is 7.91. The highest BCUT2D eigenvalue weighted by atomic mass is 32.2. The van der Waals surface area contributed by atoms with Crippen molar-refractivity contribution in [2.45, 2.75) is 43.5 Å². The number of pyridine rings is 1. The van der Waals surface area contributed by atoms with Gasteiger partial charge in [0.25, 0.3) is 0 Å². The van der Waals surface area contributed by atoms with E-state index in [1.54, 1.807) is 24.1 Å². The Kier molecular flexibility index (Phi) is 6.15.